The molecule has 0 radical (unpaired) electrons. The summed E-state index contributed by atoms with van der Waals surface area (Å²) in [6.45, 7) is 3.80. The zero-order valence-electron chi connectivity index (χ0n) is 20.5. The Kier molecular flexibility index (Phi) is 6.80. The van der Waals surface area contributed by atoms with Crippen LogP contribution in [0.3, 0.4) is 0 Å². The zero-order chi connectivity index (χ0) is 27.0. The largest absolute Gasteiger partial charge is 0.460 e. The zero-order valence-corrected chi connectivity index (χ0v) is 21.2. The Morgan fingerprint density at radius 1 is 0.974 bits per heavy atom. The molecule has 194 valence electrons. The van der Waals surface area contributed by atoms with Crippen molar-refractivity contribution in [2.45, 2.75) is 25.2 Å². The van der Waals surface area contributed by atoms with E-state index in [4.69, 9.17) is 21.8 Å². The highest BCUT2D eigenvalue weighted by molar-refractivity contribution is 6.30. The number of nitrogens with zero attached hydrogens (tertiary/aromatic N) is 1. The fourth-order valence-corrected chi connectivity index (χ4v) is 4.84. The number of hydrogen-bond donors (Lipinski definition) is 1. The minimum Gasteiger partial charge on any atom is -0.460 e. The molecule has 2 amide bonds. The van der Waals surface area contributed by atoms with Crippen molar-refractivity contribution in [2.24, 2.45) is 5.73 Å². The van der Waals surface area contributed by atoms with E-state index >= 15 is 0 Å². The molecule has 0 unspecified atom stereocenters. The fraction of sp³-hybridized carbons (Fsp3) is 0.200. The van der Waals surface area contributed by atoms with E-state index in [9.17, 15) is 18.4 Å². The molecule has 0 bridgehead atoms. The highest BCUT2D eigenvalue weighted by Gasteiger charge is 2.35. The number of rotatable bonds is 6. The smallest absolute Gasteiger partial charge is 0.253 e. The number of fused-ring (bicyclic) bond motifs is 1. The van der Waals surface area contributed by atoms with Gasteiger partial charge in [0.15, 0.2) is 0 Å². The lowest BCUT2D eigenvalue weighted by atomic mass is 9.96. The van der Waals surface area contributed by atoms with Crippen molar-refractivity contribution in [1.29, 1.82) is 0 Å². The number of primary amides is 1. The summed E-state index contributed by atoms with van der Waals surface area (Å²) in [7, 11) is 0. The van der Waals surface area contributed by atoms with Gasteiger partial charge >= 0.3 is 0 Å². The van der Waals surface area contributed by atoms with E-state index in [-0.39, 0.29) is 43.8 Å². The third kappa shape index (κ3) is 5.34. The monoisotopic (exact) mass is 534 g/mol. The molecule has 1 saturated heterocycles. The third-order valence-electron chi connectivity index (χ3n) is 6.79. The number of carbonyl (C=O) groups excluding carboxylic acids is 2. The number of hydrogen-bond acceptors (Lipinski definition) is 3. The summed E-state index contributed by atoms with van der Waals surface area (Å²) in [5, 5.41) is 1.40. The van der Waals surface area contributed by atoms with E-state index in [1.807, 2.05) is 48.5 Å². The topological polar surface area (TPSA) is 76.5 Å². The summed E-state index contributed by atoms with van der Waals surface area (Å²) < 4.78 is 33.1. The molecule has 38 heavy (non-hydrogen) atoms. The number of furan rings is 1. The Labute approximate surface area is 223 Å². The maximum Gasteiger partial charge on any atom is 0.253 e. The molecule has 2 heterocycles. The van der Waals surface area contributed by atoms with E-state index < -0.39 is 11.8 Å². The molecular weight excluding hydrogens is 510 g/mol. The normalized spacial score (nSPS) is 15.0. The Bertz CT molecular complexity index is 1550. The molecule has 1 aromatic heterocycles. The number of likely N-dealkylation sites (tertiary alicyclic amines) is 1. The van der Waals surface area contributed by atoms with Gasteiger partial charge in [0.1, 0.15) is 11.3 Å². The second kappa shape index (κ2) is 10.1. The summed E-state index contributed by atoms with van der Waals surface area (Å²) in [5.74, 6) is -3.00. The number of carbonyl (C=O) groups is 2. The summed E-state index contributed by atoms with van der Waals surface area (Å²) in [6.07, 6.45) is -0.446. The van der Waals surface area contributed by atoms with Crippen molar-refractivity contribution in [1.82, 2.24) is 4.90 Å². The molecule has 5 rings (SSSR count). The van der Waals surface area contributed by atoms with Gasteiger partial charge in [-0.2, -0.15) is 0 Å². The minimum atomic E-state index is -2.71. The van der Waals surface area contributed by atoms with Gasteiger partial charge in [-0.05, 0) is 59.2 Å². The maximum atomic E-state index is 13.5. The quantitative estimate of drug-likeness (QED) is 0.274. The predicted octanol–water partition coefficient (Wildman–Crippen LogP) is 6.88. The molecule has 1 fully saturated rings. The number of alkyl halides is 2. The van der Waals surface area contributed by atoms with Crippen LogP contribution in [0.1, 0.15) is 29.0 Å². The van der Waals surface area contributed by atoms with E-state index in [0.29, 0.717) is 21.9 Å². The number of piperidine rings is 1. The summed E-state index contributed by atoms with van der Waals surface area (Å²) >= 11 is 6.27. The van der Waals surface area contributed by atoms with Gasteiger partial charge in [0.25, 0.3) is 11.8 Å². The lowest BCUT2D eigenvalue weighted by molar-refractivity contribution is -0.114. The van der Waals surface area contributed by atoms with Crippen LogP contribution in [-0.2, 0) is 11.2 Å². The van der Waals surface area contributed by atoms with Gasteiger partial charge < -0.3 is 15.1 Å². The van der Waals surface area contributed by atoms with Gasteiger partial charge in [-0.15, -0.1) is 0 Å². The second-order valence-electron chi connectivity index (χ2n) is 9.54. The predicted molar refractivity (Wildman–Crippen MR) is 144 cm³/mol. The summed E-state index contributed by atoms with van der Waals surface area (Å²) in [5.41, 5.74) is 10.1. The van der Waals surface area contributed by atoms with Crippen LogP contribution in [0.2, 0.25) is 5.02 Å². The second-order valence-corrected chi connectivity index (χ2v) is 9.97. The molecule has 3 aromatic carbocycles. The minimum absolute atomic E-state index is 0.0399. The van der Waals surface area contributed by atoms with Crippen LogP contribution in [0.25, 0.3) is 33.2 Å². The first kappa shape index (κ1) is 25.7. The molecule has 5 nitrogen and oxygen atoms in total. The molecule has 1 aliphatic rings. The average molecular weight is 535 g/mol. The van der Waals surface area contributed by atoms with Crippen LogP contribution in [0.15, 0.2) is 83.3 Å². The van der Waals surface area contributed by atoms with Crippen LogP contribution >= 0.6 is 11.6 Å². The van der Waals surface area contributed by atoms with Crippen LogP contribution in [-0.4, -0.2) is 35.7 Å². The van der Waals surface area contributed by atoms with Gasteiger partial charge in [-0.1, -0.05) is 42.4 Å². The van der Waals surface area contributed by atoms with Crippen molar-refractivity contribution in [2.75, 3.05) is 13.1 Å². The fourth-order valence-electron chi connectivity index (χ4n) is 4.65. The van der Waals surface area contributed by atoms with Crippen molar-refractivity contribution in [3.05, 3.63) is 95.2 Å². The first-order chi connectivity index (χ1) is 18.1. The molecule has 2 N–H and O–H groups in total. The lowest BCUT2D eigenvalue weighted by Gasteiger charge is -2.31. The van der Waals surface area contributed by atoms with E-state index in [1.54, 1.807) is 18.2 Å². The Balaban J connectivity index is 1.50. The molecule has 0 spiro atoms. The SMILES string of the molecule is C=C(Cc1cc2cc(-c3ccc(C(=O)N4CCC(F)(F)CC4)cc3)cc(-c3cccc(Cl)c3)c2o1)C(N)=O. The molecule has 0 atom stereocenters. The van der Waals surface area contributed by atoms with Crippen molar-refractivity contribution >= 4 is 34.4 Å². The Morgan fingerprint density at radius 2 is 1.68 bits per heavy atom. The Morgan fingerprint density at radius 3 is 2.34 bits per heavy atom. The first-order valence-corrected chi connectivity index (χ1v) is 12.5. The number of nitrogens with two attached hydrogens (primary N) is 1. The summed E-state index contributed by atoms with van der Waals surface area (Å²) in [4.78, 5) is 25.8. The van der Waals surface area contributed by atoms with Crippen molar-refractivity contribution in [3.63, 3.8) is 0 Å². The Hall–Kier alpha value is -3.97. The molecule has 0 saturated carbocycles. The molecular formula is C30H25ClF2N2O3. The van der Waals surface area contributed by atoms with Crippen LogP contribution in [0.4, 0.5) is 8.78 Å². The van der Waals surface area contributed by atoms with Crippen LogP contribution in [0, 0.1) is 0 Å². The van der Waals surface area contributed by atoms with Gasteiger partial charge in [-0.3, -0.25) is 9.59 Å². The van der Waals surface area contributed by atoms with Crippen LogP contribution in [0.5, 0.6) is 0 Å². The van der Waals surface area contributed by atoms with E-state index in [1.165, 1.54) is 4.90 Å². The van der Waals surface area contributed by atoms with Gasteiger partial charge in [0, 0.05) is 59.5 Å². The highest BCUT2D eigenvalue weighted by atomic mass is 35.5. The van der Waals surface area contributed by atoms with Gasteiger partial charge in [0.05, 0.1) is 0 Å². The molecule has 4 aromatic rings. The maximum absolute atomic E-state index is 13.5. The van der Waals surface area contributed by atoms with Crippen molar-refractivity contribution < 1.29 is 22.8 Å². The number of benzene rings is 3. The van der Waals surface area contributed by atoms with Gasteiger partial charge in [-0.25, -0.2) is 8.78 Å². The molecule has 1 aliphatic heterocycles. The molecule has 8 heteroatoms. The summed E-state index contributed by atoms with van der Waals surface area (Å²) in [6, 6.07) is 20.3. The highest BCUT2D eigenvalue weighted by Crippen LogP contribution is 2.37. The van der Waals surface area contributed by atoms with E-state index in [2.05, 4.69) is 6.58 Å². The standard InChI is InChI=1S/C30H25ClF2N2O3/c1-18(28(34)36)13-25-16-23-14-22(17-26(27(23)38-25)21-3-2-4-24(31)15-21)19-5-7-20(8-6-19)29(37)35-11-9-30(32,33)10-12-35/h2-8,14-17H,1,9-13H2,(H2,34,36). The van der Waals surface area contributed by atoms with E-state index in [0.717, 1.165) is 27.6 Å². The third-order valence-corrected chi connectivity index (χ3v) is 7.02. The number of halogens is 3. The average Bonchev–Trinajstić information content (AvgIpc) is 3.30. The molecule has 0 aliphatic carbocycles. The van der Waals surface area contributed by atoms with Gasteiger partial charge in [0.2, 0.25) is 5.91 Å². The number of amides is 2. The lowest BCUT2D eigenvalue weighted by Crippen LogP contribution is -2.42. The van der Waals surface area contributed by atoms with Crippen LogP contribution < -0.4 is 5.73 Å². The first-order valence-electron chi connectivity index (χ1n) is 12.2. The van der Waals surface area contributed by atoms with Crippen molar-refractivity contribution in [3.8, 4) is 22.3 Å².